The maximum Gasteiger partial charge on any atom is 0.338 e. The van der Waals surface area contributed by atoms with Crippen LogP contribution in [0.1, 0.15) is 41.0 Å². The molecule has 0 radical (unpaired) electrons. The SMILES string of the molecule is CCOC(=O)c1c(C)cc2c(CC(=O)OC(C)=O)nncc2c1C. The zero-order chi connectivity index (χ0) is 17.9. The van der Waals surface area contributed by atoms with E-state index in [2.05, 4.69) is 14.9 Å². The van der Waals surface area contributed by atoms with Gasteiger partial charge in [-0.15, -0.1) is 0 Å². The van der Waals surface area contributed by atoms with Crippen LogP contribution < -0.4 is 0 Å². The molecule has 2 aromatic rings. The van der Waals surface area contributed by atoms with E-state index < -0.39 is 17.9 Å². The lowest BCUT2D eigenvalue weighted by Crippen LogP contribution is -2.14. The second kappa shape index (κ2) is 7.16. The summed E-state index contributed by atoms with van der Waals surface area (Å²) in [4.78, 5) is 34.7. The molecule has 0 N–H and O–H groups in total. The number of nitrogens with zero attached hydrogens (tertiary/aromatic N) is 2. The van der Waals surface area contributed by atoms with Crippen LogP contribution >= 0.6 is 0 Å². The predicted octanol–water partition coefficient (Wildman–Crippen LogP) is 2.06. The Morgan fingerprint density at radius 3 is 2.50 bits per heavy atom. The van der Waals surface area contributed by atoms with Crippen molar-refractivity contribution in [3.8, 4) is 0 Å². The van der Waals surface area contributed by atoms with Crippen LogP contribution in [0.5, 0.6) is 0 Å². The average Bonchev–Trinajstić information content (AvgIpc) is 2.47. The lowest BCUT2D eigenvalue weighted by molar-refractivity contribution is -0.157. The monoisotopic (exact) mass is 330 g/mol. The minimum absolute atomic E-state index is 0.179. The summed E-state index contributed by atoms with van der Waals surface area (Å²) in [5, 5.41) is 9.24. The van der Waals surface area contributed by atoms with Gasteiger partial charge in [-0.2, -0.15) is 10.2 Å². The van der Waals surface area contributed by atoms with Crippen molar-refractivity contribution in [2.45, 2.75) is 34.1 Å². The molecule has 1 aromatic carbocycles. The number of ether oxygens (including phenoxy) is 2. The van der Waals surface area contributed by atoms with Crippen molar-refractivity contribution in [3.63, 3.8) is 0 Å². The molecule has 0 aliphatic rings. The number of aromatic nitrogens is 2. The largest absolute Gasteiger partial charge is 0.462 e. The normalized spacial score (nSPS) is 10.5. The second-order valence-electron chi connectivity index (χ2n) is 5.31. The molecule has 7 nitrogen and oxygen atoms in total. The van der Waals surface area contributed by atoms with Gasteiger partial charge in [0, 0.05) is 17.7 Å². The number of carbonyl (C=O) groups excluding carboxylic acids is 3. The molecule has 24 heavy (non-hydrogen) atoms. The number of esters is 3. The van der Waals surface area contributed by atoms with E-state index in [1.54, 1.807) is 26.8 Å². The smallest absolute Gasteiger partial charge is 0.338 e. The highest BCUT2D eigenvalue weighted by atomic mass is 16.6. The molecule has 1 heterocycles. The fraction of sp³-hybridized carbons (Fsp3) is 0.353. The van der Waals surface area contributed by atoms with E-state index in [1.165, 1.54) is 6.20 Å². The minimum Gasteiger partial charge on any atom is -0.462 e. The van der Waals surface area contributed by atoms with E-state index in [1.807, 2.05) is 0 Å². The van der Waals surface area contributed by atoms with Crippen LogP contribution in [0.25, 0.3) is 10.8 Å². The van der Waals surface area contributed by atoms with Crippen molar-refractivity contribution in [2.75, 3.05) is 6.61 Å². The number of fused-ring (bicyclic) bond motifs is 1. The van der Waals surface area contributed by atoms with Gasteiger partial charge in [-0.25, -0.2) is 4.79 Å². The molecule has 0 unspecified atom stereocenters. The van der Waals surface area contributed by atoms with Gasteiger partial charge in [-0.3, -0.25) is 9.59 Å². The van der Waals surface area contributed by atoms with E-state index in [-0.39, 0.29) is 13.0 Å². The van der Waals surface area contributed by atoms with E-state index in [0.717, 1.165) is 6.92 Å². The molecule has 0 atom stereocenters. The van der Waals surface area contributed by atoms with E-state index >= 15 is 0 Å². The number of hydrogen-bond donors (Lipinski definition) is 0. The summed E-state index contributed by atoms with van der Waals surface area (Å²) in [7, 11) is 0. The second-order valence-corrected chi connectivity index (χ2v) is 5.31. The molecule has 2 rings (SSSR count). The maximum absolute atomic E-state index is 12.1. The highest BCUT2D eigenvalue weighted by Crippen LogP contribution is 2.27. The molecule has 0 spiro atoms. The number of rotatable bonds is 4. The number of benzene rings is 1. The first-order chi connectivity index (χ1) is 11.3. The summed E-state index contributed by atoms with van der Waals surface area (Å²) >= 11 is 0. The van der Waals surface area contributed by atoms with Crippen LogP contribution in [-0.4, -0.2) is 34.7 Å². The summed E-state index contributed by atoms with van der Waals surface area (Å²) < 4.78 is 9.63. The quantitative estimate of drug-likeness (QED) is 0.625. The maximum atomic E-state index is 12.1. The Morgan fingerprint density at radius 2 is 1.88 bits per heavy atom. The van der Waals surface area contributed by atoms with Gasteiger partial charge in [-0.1, -0.05) is 0 Å². The molecule has 0 amide bonds. The van der Waals surface area contributed by atoms with Crippen LogP contribution in [-0.2, 0) is 25.5 Å². The van der Waals surface area contributed by atoms with Gasteiger partial charge < -0.3 is 9.47 Å². The molecule has 126 valence electrons. The molecule has 0 saturated heterocycles. The Labute approximate surface area is 139 Å². The first-order valence-corrected chi connectivity index (χ1v) is 7.48. The number of carbonyl (C=O) groups is 3. The van der Waals surface area contributed by atoms with Gasteiger partial charge >= 0.3 is 17.9 Å². The van der Waals surface area contributed by atoms with E-state index in [9.17, 15) is 14.4 Å². The Kier molecular flexibility index (Phi) is 5.23. The highest BCUT2D eigenvalue weighted by molar-refractivity contribution is 6.01. The molecule has 1 aromatic heterocycles. The first-order valence-electron chi connectivity index (χ1n) is 7.48. The van der Waals surface area contributed by atoms with Gasteiger partial charge in [0.05, 0.1) is 30.5 Å². The van der Waals surface area contributed by atoms with Crippen molar-refractivity contribution in [3.05, 3.63) is 34.6 Å². The van der Waals surface area contributed by atoms with Crippen molar-refractivity contribution in [2.24, 2.45) is 0 Å². The van der Waals surface area contributed by atoms with Gasteiger partial charge in [-0.05, 0) is 38.0 Å². The van der Waals surface area contributed by atoms with Crippen molar-refractivity contribution in [1.29, 1.82) is 0 Å². The first kappa shape index (κ1) is 17.5. The van der Waals surface area contributed by atoms with Crippen LogP contribution in [0.4, 0.5) is 0 Å². The van der Waals surface area contributed by atoms with Gasteiger partial charge in [0.1, 0.15) is 0 Å². The Bertz CT molecular complexity index is 829. The van der Waals surface area contributed by atoms with Gasteiger partial charge in [0.15, 0.2) is 0 Å². The molecule has 0 bridgehead atoms. The standard InChI is InChI=1S/C17H18N2O5/c1-5-23-17(22)16-9(2)6-12-13(10(16)3)8-18-19-14(12)7-15(21)24-11(4)20/h6,8H,5,7H2,1-4H3. The number of hydrogen-bond acceptors (Lipinski definition) is 7. The highest BCUT2D eigenvalue weighted by Gasteiger charge is 2.19. The van der Waals surface area contributed by atoms with Crippen LogP contribution in [0.3, 0.4) is 0 Å². The predicted molar refractivity (Wildman–Crippen MR) is 85.4 cm³/mol. The van der Waals surface area contributed by atoms with Gasteiger partial charge in [0.2, 0.25) is 0 Å². The fourth-order valence-corrected chi connectivity index (χ4v) is 2.60. The lowest BCUT2D eigenvalue weighted by Gasteiger charge is -2.13. The molecule has 0 aliphatic heterocycles. The summed E-state index contributed by atoms with van der Waals surface area (Å²) in [6, 6.07) is 1.76. The molecular formula is C17H18N2O5. The minimum atomic E-state index is -0.700. The third-order valence-corrected chi connectivity index (χ3v) is 3.55. The van der Waals surface area contributed by atoms with Crippen LogP contribution in [0.15, 0.2) is 12.3 Å². The topological polar surface area (TPSA) is 95.5 Å². The summed E-state index contributed by atoms with van der Waals surface area (Å²) in [5.41, 5.74) is 2.29. The summed E-state index contributed by atoms with van der Waals surface area (Å²) in [6.07, 6.45) is 1.36. The molecular weight excluding hydrogens is 312 g/mol. The fourth-order valence-electron chi connectivity index (χ4n) is 2.60. The Hall–Kier alpha value is -2.83. The van der Waals surface area contributed by atoms with Crippen molar-refractivity contribution >= 4 is 28.7 Å². The molecule has 0 aliphatic carbocycles. The Balaban J connectivity index is 2.53. The third kappa shape index (κ3) is 3.56. The molecule has 7 heteroatoms. The molecule has 0 fully saturated rings. The zero-order valence-corrected chi connectivity index (χ0v) is 14.0. The lowest BCUT2D eigenvalue weighted by atomic mass is 9.95. The molecule has 0 saturated carbocycles. The van der Waals surface area contributed by atoms with Crippen molar-refractivity contribution in [1.82, 2.24) is 10.2 Å². The van der Waals surface area contributed by atoms with Crippen LogP contribution in [0.2, 0.25) is 0 Å². The summed E-state index contributed by atoms with van der Waals surface area (Å²) in [5.74, 6) is -1.78. The number of aryl methyl sites for hydroxylation is 2. The Morgan fingerprint density at radius 1 is 1.17 bits per heavy atom. The van der Waals surface area contributed by atoms with E-state index in [4.69, 9.17) is 4.74 Å². The van der Waals surface area contributed by atoms with Crippen molar-refractivity contribution < 1.29 is 23.9 Å². The van der Waals surface area contributed by atoms with E-state index in [0.29, 0.717) is 33.2 Å². The summed E-state index contributed by atoms with van der Waals surface area (Å²) in [6.45, 7) is 6.77. The van der Waals surface area contributed by atoms with Gasteiger partial charge in [0.25, 0.3) is 0 Å². The average molecular weight is 330 g/mol. The third-order valence-electron chi connectivity index (χ3n) is 3.55. The van der Waals surface area contributed by atoms with Crippen LogP contribution in [0, 0.1) is 13.8 Å². The zero-order valence-electron chi connectivity index (χ0n) is 14.0.